The van der Waals surface area contributed by atoms with Gasteiger partial charge in [0.05, 0.1) is 6.61 Å². The highest BCUT2D eigenvalue weighted by Crippen LogP contribution is 2.25. The summed E-state index contributed by atoms with van der Waals surface area (Å²) in [5.74, 6) is 0.782. The molecule has 1 unspecified atom stereocenters. The van der Waals surface area contributed by atoms with E-state index in [0.29, 0.717) is 19.2 Å². The van der Waals surface area contributed by atoms with Crippen LogP contribution in [0.2, 0.25) is 0 Å². The van der Waals surface area contributed by atoms with E-state index in [2.05, 4.69) is 5.32 Å². The number of aliphatic hydroxyl groups is 1. The fourth-order valence-corrected chi connectivity index (χ4v) is 1.60. The summed E-state index contributed by atoms with van der Waals surface area (Å²) in [5.41, 5.74) is 1.22. The van der Waals surface area contributed by atoms with Crippen molar-refractivity contribution in [2.45, 2.75) is 32.4 Å². The Morgan fingerprint density at radius 3 is 2.17 bits per heavy atom. The third-order valence-corrected chi connectivity index (χ3v) is 2.72. The molecule has 9 heteroatoms. The number of aliphatic hydroxyl groups excluding tert-OH is 1. The van der Waals surface area contributed by atoms with E-state index in [-0.39, 0.29) is 0 Å². The molecule has 5 N–H and O–H groups in total. The van der Waals surface area contributed by atoms with Crippen LogP contribution in [-0.2, 0) is 15.7 Å². The molecule has 0 heterocycles. The largest absolute Gasteiger partial charge is 0.491 e. The van der Waals surface area contributed by atoms with Crippen LogP contribution < -0.4 is 10.1 Å². The van der Waals surface area contributed by atoms with Crippen LogP contribution in [0.3, 0.4) is 0 Å². The molecule has 24 heavy (non-hydrogen) atoms. The van der Waals surface area contributed by atoms with Gasteiger partial charge in [0, 0.05) is 19.7 Å². The molecule has 8 nitrogen and oxygen atoms in total. The van der Waals surface area contributed by atoms with Crippen molar-refractivity contribution in [1.29, 1.82) is 0 Å². The van der Waals surface area contributed by atoms with Crippen molar-refractivity contribution in [1.82, 2.24) is 5.32 Å². The first-order valence-corrected chi connectivity index (χ1v) is 9.08. The second-order valence-corrected chi connectivity index (χ2v) is 6.45. The van der Waals surface area contributed by atoms with Crippen LogP contribution in [0.5, 0.6) is 5.75 Å². The predicted octanol–water partition coefficient (Wildman–Crippen LogP) is 0.685. The maximum atomic E-state index is 9.73. The molecule has 1 aromatic carbocycles. The molecule has 1 atom stereocenters. The highest BCUT2D eigenvalue weighted by atomic mass is 31.2. The molecule has 0 radical (unpaired) electrons. The lowest BCUT2D eigenvalue weighted by Gasteiger charge is -2.15. The van der Waals surface area contributed by atoms with Crippen molar-refractivity contribution in [2.24, 2.45) is 0 Å². The Bertz CT molecular complexity index is 467. The van der Waals surface area contributed by atoms with Gasteiger partial charge in [-0.2, -0.15) is 0 Å². The summed E-state index contributed by atoms with van der Waals surface area (Å²) >= 11 is 0. The van der Waals surface area contributed by atoms with E-state index in [1.807, 2.05) is 38.1 Å². The van der Waals surface area contributed by atoms with Gasteiger partial charge in [-0.1, -0.05) is 26.0 Å². The van der Waals surface area contributed by atoms with Crippen molar-refractivity contribution in [2.75, 3.05) is 26.9 Å². The Hall–Kier alpha value is -0.990. The van der Waals surface area contributed by atoms with Crippen LogP contribution in [0.25, 0.3) is 0 Å². The van der Waals surface area contributed by atoms with E-state index in [4.69, 9.17) is 28.7 Å². The second kappa shape index (κ2) is 12.4. The van der Waals surface area contributed by atoms with Crippen LogP contribution in [-0.4, -0.2) is 58.8 Å². The summed E-state index contributed by atoms with van der Waals surface area (Å²) in [5, 5.41) is 12.9. The number of phosphoric acid groups is 1. The van der Waals surface area contributed by atoms with Gasteiger partial charge in [0.15, 0.2) is 0 Å². The van der Waals surface area contributed by atoms with Crippen LogP contribution >= 0.6 is 7.82 Å². The first-order chi connectivity index (χ1) is 11.1. The number of rotatable bonds is 9. The zero-order valence-electron chi connectivity index (χ0n) is 14.3. The summed E-state index contributed by atoms with van der Waals surface area (Å²) in [6, 6.07) is 8.26. The standard InChI is InChI=1S/C15H25NO3.H3O4P/c1-12(2)16-10-14(17)11-19-15-6-4-13(5-7-15)8-9-18-3;1-5(2,3)4/h4-7,12,14,16-17H,8-11H2,1-3H3;(H3,1,2,3,4). The maximum Gasteiger partial charge on any atom is 0.466 e. The molecule has 0 bridgehead atoms. The van der Waals surface area contributed by atoms with Crippen molar-refractivity contribution in [3.8, 4) is 5.75 Å². The zero-order valence-corrected chi connectivity index (χ0v) is 15.1. The molecule has 1 rings (SSSR count). The highest BCUT2D eigenvalue weighted by Gasteiger charge is 2.06. The molecule has 0 fully saturated rings. The van der Waals surface area contributed by atoms with E-state index in [1.165, 1.54) is 5.56 Å². The van der Waals surface area contributed by atoms with Crippen LogP contribution in [0.4, 0.5) is 0 Å². The third-order valence-electron chi connectivity index (χ3n) is 2.72. The molecule has 1 aromatic rings. The minimum absolute atomic E-state index is 0.303. The number of ether oxygens (including phenoxy) is 2. The van der Waals surface area contributed by atoms with Crippen molar-refractivity contribution in [3.63, 3.8) is 0 Å². The summed E-state index contributed by atoms with van der Waals surface area (Å²) < 4.78 is 19.5. The lowest BCUT2D eigenvalue weighted by atomic mass is 10.1. The predicted molar refractivity (Wildman–Crippen MR) is 90.9 cm³/mol. The minimum Gasteiger partial charge on any atom is -0.491 e. The average molecular weight is 365 g/mol. The molecular formula is C15H28NO7P. The lowest BCUT2D eigenvalue weighted by Crippen LogP contribution is -2.35. The van der Waals surface area contributed by atoms with E-state index in [1.54, 1.807) is 7.11 Å². The van der Waals surface area contributed by atoms with Gasteiger partial charge in [-0.3, -0.25) is 0 Å². The number of hydrogen-bond donors (Lipinski definition) is 5. The number of methoxy groups -OCH3 is 1. The average Bonchev–Trinajstić information content (AvgIpc) is 2.48. The number of hydrogen-bond acceptors (Lipinski definition) is 5. The summed E-state index contributed by atoms with van der Waals surface area (Å²) in [6.07, 6.45) is 0.410. The fourth-order valence-electron chi connectivity index (χ4n) is 1.60. The van der Waals surface area contributed by atoms with Gasteiger partial charge in [0.2, 0.25) is 0 Å². The minimum atomic E-state index is -4.64. The quantitative estimate of drug-likeness (QED) is 0.404. The van der Waals surface area contributed by atoms with Gasteiger partial charge in [-0.25, -0.2) is 4.57 Å². The zero-order chi connectivity index (χ0) is 18.6. The SMILES string of the molecule is COCCc1ccc(OCC(O)CNC(C)C)cc1.O=P(O)(O)O. The topological polar surface area (TPSA) is 128 Å². The van der Waals surface area contributed by atoms with Gasteiger partial charge in [-0.15, -0.1) is 0 Å². The monoisotopic (exact) mass is 365 g/mol. The number of nitrogens with one attached hydrogen (secondary N) is 1. The smallest absolute Gasteiger partial charge is 0.466 e. The maximum absolute atomic E-state index is 9.73. The molecule has 0 saturated carbocycles. The molecule has 140 valence electrons. The Balaban J connectivity index is 0.000000922. The van der Waals surface area contributed by atoms with Gasteiger partial charge >= 0.3 is 7.82 Å². The van der Waals surface area contributed by atoms with Crippen molar-refractivity contribution >= 4 is 7.82 Å². The molecule has 0 aliphatic rings. The van der Waals surface area contributed by atoms with Gasteiger partial charge in [0.25, 0.3) is 0 Å². The van der Waals surface area contributed by atoms with Gasteiger partial charge in [0.1, 0.15) is 18.5 Å². The second-order valence-electron chi connectivity index (χ2n) is 5.43. The Morgan fingerprint density at radius 1 is 1.17 bits per heavy atom. The fraction of sp³-hybridized carbons (Fsp3) is 0.600. The molecule has 0 spiro atoms. The molecule has 0 saturated heterocycles. The molecule has 0 aromatic heterocycles. The highest BCUT2D eigenvalue weighted by molar-refractivity contribution is 7.45. The van der Waals surface area contributed by atoms with E-state index < -0.39 is 13.9 Å². The lowest BCUT2D eigenvalue weighted by molar-refractivity contribution is 0.104. The first-order valence-electron chi connectivity index (χ1n) is 7.52. The Kier molecular flexibility index (Phi) is 11.9. The molecular weight excluding hydrogens is 337 g/mol. The van der Waals surface area contributed by atoms with Crippen molar-refractivity contribution < 1.29 is 33.8 Å². The normalized spacial score (nSPS) is 12.5. The van der Waals surface area contributed by atoms with E-state index in [9.17, 15) is 5.11 Å². The van der Waals surface area contributed by atoms with E-state index >= 15 is 0 Å². The van der Waals surface area contributed by atoms with Crippen LogP contribution in [0.15, 0.2) is 24.3 Å². The van der Waals surface area contributed by atoms with Gasteiger partial charge in [-0.05, 0) is 24.1 Å². The summed E-state index contributed by atoms with van der Waals surface area (Å²) in [6.45, 7) is 5.67. The van der Waals surface area contributed by atoms with Crippen LogP contribution in [0, 0.1) is 0 Å². The Labute approximate surface area is 142 Å². The third kappa shape index (κ3) is 15.9. The Morgan fingerprint density at radius 2 is 1.71 bits per heavy atom. The first kappa shape index (κ1) is 23.0. The number of benzene rings is 1. The van der Waals surface area contributed by atoms with Crippen LogP contribution in [0.1, 0.15) is 19.4 Å². The molecule has 0 amide bonds. The molecule has 0 aliphatic heterocycles. The summed E-state index contributed by atoms with van der Waals surface area (Å²) in [7, 11) is -2.94. The molecule has 0 aliphatic carbocycles. The van der Waals surface area contributed by atoms with Crippen molar-refractivity contribution in [3.05, 3.63) is 29.8 Å². The van der Waals surface area contributed by atoms with Gasteiger partial charge < -0.3 is 34.6 Å². The summed E-state index contributed by atoms with van der Waals surface area (Å²) in [4.78, 5) is 21.6. The van der Waals surface area contributed by atoms with E-state index in [0.717, 1.165) is 18.8 Å².